The Morgan fingerprint density at radius 1 is 1.38 bits per heavy atom. The van der Waals surface area contributed by atoms with Crippen molar-refractivity contribution in [1.29, 1.82) is 0 Å². The molecule has 16 heavy (non-hydrogen) atoms. The second kappa shape index (κ2) is 4.17. The third kappa shape index (κ3) is 1.90. The lowest BCUT2D eigenvalue weighted by Gasteiger charge is -1.95. The van der Waals surface area contributed by atoms with Gasteiger partial charge in [-0.25, -0.2) is 13.6 Å². The molecule has 0 unspecified atom stereocenters. The highest BCUT2D eigenvalue weighted by molar-refractivity contribution is 7.20. The molecule has 0 fully saturated rings. The molecule has 0 bridgehead atoms. The minimum atomic E-state index is -0.665. The molecule has 0 saturated carbocycles. The first kappa shape index (κ1) is 11.0. The van der Waals surface area contributed by atoms with Gasteiger partial charge in [-0.2, -0.15) is 0 Å². The van der Waals surface area contributed by atoms with Crippen LogP contribution in [0, 0.1) is 11.6 Å². The fourth-order valence-corrected chi connectivity index (χ4v) is 2.36. The number of thiophene rings is 1. The largest absolute Gasteiger partial charge is 0.462 e. The summed E-state index contributed by atoms with van der Waals surface area (Å²) in [6, 6.07) is 3.38. The van der Waals surface area contributed by atoms with Gasteiger partial charge in [-0.15, -0.1) is 11.3 Å². The Bertz CT molecular complexity index is 548. The van der Waals surface area contributed by atoms with Gasteiger partial charge in [0, 0.05) is 16.2 Å². The maximum Gasteiger partial charge on any atom is 0.348 e. The fourth-order valence-electron chi connectivity index (χ4n) is 1.37. The van der Waals surface area contributed by atoms with Crippen LogP contribution in [-0.4, -0.2) is 12.6 Å². The number of esters is 1. The Hall–Kier alpha value is -1.49. The summed E-state index contributed by atoms with van der Waals surface area (Å²) < 4.78 is 31.4. The van der Waals surface area contributed by atoms with Crippen LogP contribution >= 0.6 is 11.3 Å². The average molecular weight is 242 g/mol. The van der Waals surface area contributed by atoms with Gasteiger partial charge in [0.1, 0.15) is 16.5 Å². The molecule has 0 radical (unpaired) electrons. The summed E-state index contributed by atoms with van der Waals surface area (Å²) in [4.78, 5) is 11.7. The van der Waals surface area contributed by atoms with Crippen molar-refractivity contribution in [3.05, 3.63) is 34.7 Å². The van der Waals surface area contributed by atoms with Crippen LogP contribution in [-0.2, 0) is 4.74 Å². The van der Waals surface area contributed by atoms with Crippen LogP contribution in [0.5, 0.6) is 0 Å². The Morgan fingerprint density at radius 2 is 2.12 bits per heavy atom. The van der Waals surface area contributed by atoms with E-state index in [0.29, 0.717) is 4.70 Å². The first-order chi connectivity index (χ1) is 7.61. The summed E-state index contributed by atoms with van der Waals surface area (Å²) in [6.07, 6.45) is 0. The molecule has 0 N–H and O–H groups in total. The van der Waals surface area contributed by atoms with E-state index in [1.54, 1.807) is 6.92 Å². The molecule has 5 heteroatoms. The van der Waals surface area contributed by atoms with Gasteiger partial charge in [0.25, 0.3) is 0 Å². The number of halogens is 2. The number of benzene rings is 1. The minimum Gasteiger partial charge on any atom is -0.462 e. The molecule has 0 spiro atoms. The molecule has 2 nitrogen and oxygen atoms in total. The third-order valence-corrected chi connectivity index (χ3v) is 3.09. The molecule has 1 aromatic heterocycles. The Morgan fingerprint density at radius 3 is 2.81 bits per heavy atom. The van der Waals surface area contributed by atoms with Crippen LogP contribution in [0.25, 0.3) is 10.1 Å². The van der Waals surface area contributed by atoms with Crippen molar-refractivity contribution < 1.29 is 18.3 Å². The normalized spacial score (nSPS) is 10.7. The Balaban J connectivity index is 2.51. The van der Waals surface area contributed by atoms with Crippen molar-refractivity contribution in [2.75, 3.05) is 6.61 Å². The second-order valence-corrected chi connectivity index (χ2v) is 4.21. The van der Waals surface area contributed by atoms with Gasteiger partial charge in [0.05, 0.1) is 6.61 Å². The molecule has 0 aliphatic rings. The number of carbonyl (C=O) groups is 1. The molecule has 0 saturated heterocycles. The van der Waals surface area contributed by atoms with Gasteiger partial charge in [-0.05, 0) is 19.1 Å². The van der Waals surface area contributed by atoms with E-state index in [2.05, 4.69) is 0 Å². The maximum atomic E-state index is 13.3. The van der Waals surface area contributed by atoms with Crippen LogP contribution in [0.2, 0.25) is 0 Å². The number of hydrogen-bond donors (Lipinski definition) is 0. The molecule has 0 atom stereocenters. The highest BCUT2D eigenvalue weighted by Gasteiger charge is 2.14. The summed E-state index contributed by atoms with van der Waals surface area (Å²) in [5, 5.41) is 0.245. The standard InChI is InChI=1S/C11H8F2O2S/c1-2-15-11(14)10-5-7-8(13)3-6(12)4-9(7)16-10/h3-5H,2H2,1H3. The highest BCUT2D eigenvalue weighted by atomic mass is 32.1. The van der Waals surface area contributed by atoms with E-state index in [4.69, 9.17) is 4.74 Å². The van der Waals surface area contributed by atoms with Crippen molar-refractivity contribution in [3.8, 4) is 0 Å². The monoisotopic (exact) mass is 242 g/mol. The summed E-state index contributed by atoms with van der Waals surface area (Å²) >= 11 is 1.02. The predicted molar refractivity (Wildman–Crippen MR) is 57.7 cm³/mol. The van der Waals surface area contributed by atoms with E-state index >= 15 is 0 Å². The number of hydrogen-bond acceptors (Lipinski definition) is 3. The van der Waals surface area contributed by atoms with Gasteiger partial charge in [0.15, 0.2) is 0 Å². The highest BCUT2D eigenvalue weighted by Crippen LogP contribution is 2.29. The summed E-state index contributed by atoms with van der Waals surface area (Å²) in [5.74, 6) is -1.83. The number of carbonyl (C=O) groups excluding carboxylic acids is 1. The molecule has 1 aromatic carbocycles. The van der Waals surface area contributed by atoms with E-state index in [0.717, 1.165) is 17.4 Å². The zero-order valence-electron chi connectivity index (χ0n) is 8.42. The SMILES string of the molecule is CCOC(=O)c1cc2c(F)cc(F)cc2s1. The molecule has 2 aromatic rings. The van der Waals surface area contributed by atoms with Gasteiger partial charge in [-0.3, -0.25) is 0 Å². The topological polar surface area (TPSA) is 26.3 Å². The Labute approximate surface area is 94.5 Å². The van der Waals surface area contributed by atoms with Gasteiger partial charge < -0.3 is 4.74 Å². The van der Waals surface area contributed by atoms with E-state index in [9.17, 15) is 13.6 Å². The zero-order valence-corrected chi connectivity index (χ0v) is 9.24. The average Bonchev–Trinajstić information content (AvgIpc) is 2.62. The first-order valence-electron chi connectivity index (χ1n) is 4.67. The smallest absolute Gasteiger partial charge is 0.348 e. The molecule has 84 valence electrons. The number of rotatable bonds is 2. The van der Waals surface area contributed by atoms with E-state index in [-0.39, 0.29) is 16.9 Å². The van der Waals surface area contributed by atoms with E-state index in [1.165, 1.54) is 12.1 Å². The first-order valence-corrected chi connectivity index (χ1v) is 5.49. The lowest BCUT2D eigenvalue weighted by atomic mass is 10.2. The lowest BCUT2D eigenvalue weighted by Crippen LogP contribution is -2.01. The summed E-state index contributed by atoms with van der Waals surface area (Å²) in [5.41, 5.74) is 0. The number of fused-ring (bicyclic) bond motifs is 1. The quantitative estimate of drug-likeness (QED) is 0.755. The van der Waals surface area contributed by atoms with Crippen molar-refractivity contribution in [2.45, 2.75) is 6.92 Å². The van der Waals surface area contributed by atoms with Crippen LogP contribution in [0.3, 0.4) is 0 Å². The summed E-state index contributed by atoms with van der Waals surface area (Å²) in [6.45, 7) is 1.94. The second-order valence-electron chi connectivity index (χ2n) is 3.13. The van der Waals surface area contributed by atoms with Crippen molar-refractivity contribution >= 4 is 27.4 Å². The van der Waals surface area contributed by atoms with Crippen LogP contribution in [0.15, 0.2) is 18.2 Å². The van der Waals surface area contributed by atoms with Crippen molar-refractivity contribution in [1.82, 2.24) is 0 Å². The van der Waals surface area contributed by atoms with Gasteiger partial charge >= 0.3 is 5.97 Å². The van der Waals surface area contributed by atoms with Gasteiger partial charge in [-0.1, -0.05) is 0 Å². The zero-order chi connectivity index (χ0) is 11.7. The van der Waals surface area contributed by atoms with Crippen molar-refractivity contribution in [2.24, 2.45) is 0 Å². The molecule has 0 aliphatic heterocycles. The Kier molecular flexibility index (Phi) is 2.87. The molecular weight excluding hydrogens is 234 g/mol. The van der Waals surface area contributed by atoms with Crippen molar-refractivity contribution in [3.63, 3.8) is 0 Å². The molecule has 2 rings (SSSR count). The van der Waals surface area contributed by atoms with Crippen LogP contribution < -0.4 is 0 Å². The minimum absolute atomic E-state index is 0.245. The molecule has 1 heterocycles. The summed E-state index contributed by atoms with van der Waals surface area (Å²) in [7, 11) is 0. The fraction of sp³-hybridized carbons (Fsp3) is 0.182. The molecule has 0 amide bonds. The predicted octanol–water partition coefficient (Wildman–Crippen LogP) is 3.36. The van der Waals surface area contributed by atoms with E-state index in [1.807, 2.05) is 0 Å². The number of ether oxygens (including phenoxy) is 1. The van der Waals surface area contributed by atoms with Crippen LogP contribution in [0.4, 0.5) is 8.78 Å². The van der Waals surface area contributed by atoms with Gasteiger partial charge in [0.2, 0.25) is 0 Å². The molecular formula is C11H8F2O2S. The third-order valence-electron chi connectivity index (χ3n) is 2.03. The van der Waals surface area contributed by atoms with Crippen LogP contribution in [0.1, 0.15) is 16.6 Å². The maximum absolute atomic E-state index is 13.3. The van der Waals surface area contributed by atoms with E-state index < -0.39 is 17.6 Å². The lowest BCUT2D eigenvalue weighted by molar-refractivity contribution is 0.0532. The molecule has 0 aliphatic carbocycles.